The predicted octanol–water partition coefficient (Wildman–Crippen LogP) is 3.47. The van der Waals surface area contributed by atoms with Crippen molar-refractivity contribution in [1.82, 2.24) is 0 Å². The van der Waals surface area contributed by atoms with E-state index in [1.807, 2.05) is 0 Å². The van der Waals surface area contributed by atoms with E-state index in [0.29, 0.717) is 16.7 Å². The molecule has 0 atom stereocenters. The molecule has 0 N–H and O–H groups in total. The smallest absolute Gasteiger partial charge is 0.201 e. The van der Waals surface area contributed by atoms with E-state index < -0.39 is 0 Å². The number of hydrogen-bond donors (Lipinski definition) is 0. The van der Waals surface area contributed by atoms with Gasteiger partial charge in [0.15, 0.2) is 5.76 Å². The number of aryl methyl sites for hydroxylation is 1. The third kappa shape index (κ3) is 1.35. The van der Waals surface area contributed by atoms with Gasteiger partial charge in [0.2, 0.25) is 5.78 Å². The van der Waals surface area contributed by atoms with Gasteiger partial charge in [-0.05, 0) is 38.0 Å². The second-order valence-electron chi connectivity index (χ2n) is 4.34. The van der Waals surface area contributed by atoms with Gasteiger partial charge in [0, 0.05) is 16.9 Å². The number of hydrogen-bond acceptors (Lipinski definition) is 2. The Morgan fingerprint density at radius 2 is 2.19 bits per heavy atom. The number of fused-ring (bicyclic) bond motifs is 1. The lowest BCUT2D eigenvalue weighted by molar-refractivity contribution is 0.0941. The maximum Gasteiger partial charge on any atom is 0.201 e. The minimum Gasteiger partial charge on any atom is -0.453 e. The first-order chi connectivity index (χ1) is 7.66. The van der Waals surface area contributed by atoms with Crippen LogP contribution >= 0.6 is 0 Å². The summed E-state index contributed by atoms with van der Waals surface area (Å²) in [4.78, 5) is 11.9. The van der Waals surface area contributed by atoms with Crippen molar-refractivity contribution in [1.29, 1.82) is 0 Å². The molecule has 0 amide bonds. The van der Waals surface area contributed by atoms with Crippen LogP contribution in [-0.4, -0.2) is 5.78 Å². The van der Waals surface area contributed by atoms with Crippen molar-refractivity contribution < 1.29 is 13.6 Å². The Kier molecular flexibility index (Phi) is 1.90. The van der Waals surface area contributed by atoms with Crippen molar-refractivity contribution in [3.05, 3.63) is 35.3 Å². The quantitative estimate of drug-likeness (QED) is 0.722. The second-order valence-corrected chi connectivity index (χ2v) is 4.34. The molecular formula is C13H11FO2. The molecule has 1 aliphatic carbocycles. The second kappa shape index (κ2) is 3.17. The number of carbonyl (C=O) groups excluding carboxylic acids is 1. The molecule has 3 rings (SSSR count). The van der Waals surface area contributed by atoms with Gasteiger partial charge in [-0.3, -0.25) is 4.79 Å². The molecule has 1 aliphatic rings. The van der Waals surface area contributed by atoms with E-state index in [0.717, 1.165) is 18.4 Å². The van der Waals surface area contributed by atoms with Gasteiger partial charge < -0.3 is 4.42 Å². The molecule has 16 heavy (non-hydrogen) atoms. The summed E-state index contributed by atoms with van der Waals surface area (Å²) in [7, 11) is 0. The van der Waals surface area contributed by atoms with Gasteiger partial charge in [-0.25, -0.2) is 4.39 Å². The summed E-state index contributed by atoms with van der Waals surface area (Å²) >= 11 is 0. The largest absolute Gasteiger partial charge is 0.453 e. The van der Waals surface area contributed by atoms with Crippen LogP contribution in [0.25, 0.3) is 11.0 Å². The lowest BCUT2D eigenvalue weighted by Gasteiger charge is -1.93. The molecule has 2 nitrogen and oxygen atoms in total. The van der Waals surface area contributed by atoms with E-state index in [2.05, 4.69) is 0 Å². The van der Waals surface area contributed by atoms with E-state index >= 15 is 0 Å². The molecule has 1 heterocycles. The van der Waals surface area contributed by atoms with Gasteiger partial charge in [0.25, 0.3) is 0 Å². The minimum absolute atomic E-state index is 0.0640. The normalized spacial score (nSPS) is 15.6. The molecule has 1 aromatic heterocycles. The van der Waals surface area contributed by atoms with E-state index in [-0.39, 0.29) is 17.5 Å². The van der Waals surface area contributed by atoms with Crippen LogP contribution in [0.1, 0.15) is 29.0 Å². The molecule has 0 saturated heterocycles. The SMILES string of the molecule is Cc1c(C(=O)C2CC2)oc2ccc(F)cc12. The highest BCUT2D eigenvalue weighted by Crippen LogP contribution is 2.36. The fourth-order valence-electron chi connectivity index (χ4n) is 1.96. The maximum absolute atomic E-state index is 13.1. The topological polar surface area (TPSA) is 30.2 Å². The van der Waals surface area contributed by atoms with Crippen LogP contribution in [0.4, 0.5) is 4.39 Å². The lowest BCUT2D eigenvalue weighted by Crippen LogP contribution is -2.00. The Labute approximate surface area is 92.1 Å². The van der Waals surface area contributed by atoms with Crippen LogP contribution in [0.5, 0.6) is 0 Å². The fraction of sp³-hybridized carbons (Fsp3) is 0.308. The lowest BCUT2D eigenvalue weighted by atomic mass is 10.1. The first-order valence-corrected chi connectivity index (χ1v) is 5.39. The zero-order valence-corrected chi connectivity index (χ0v) is 8.92. The monoisotopic (exact) mass is 218 g/mol. The van der Waals surface area contributed by atoms with Crippen LogP contribution in [-0.2, 0) is 0 Å². The van der Waals surface area contributed by atoms with Crippen molar-refractivity contribution in [2.75, 3.05) is 0 Å². The maximum atomic E-state index is 13.1. The third-order valence-electron chi connectivity index (χ3n) is 3.07. The molecule has 3 heteroatoms. The molecule has 0 bridgehead atoms. The number of benzene rings is 1. The van der Waals surface area contributed by atoms with Crippen LogP contribution in [0, 0.1) is 18.7 Å². The molecule has 82 valence electrons. The van der Waals surface area contributed by atoms with Gasteiger partial charge in [-0.15, -0.1) is 0 Å². The number of ketones is 1. The van der Waals surface area contributed by atoms with Crippen LogP contribution < -0.4 is 0 Å². The van der Waals surface area contributed by atoms with Gasteiger partial charge >= 0.3 is 0 Å². The van der Waals surface area contributed by atoms with Gasteiger partial charge in [0.05, 0.1) is 0 Å². The summed E-state index contributed by atoms with van der Waals surface area (Å²) in [5, 5.41) is 0.698. The van der Waals surface area contributed by atoms with Crippen molar-refractivity contribution >= 4 is 16.8 Å². The standard InChI is InChI=1S/C13H11FO2/c1-7-10-6-9(14)4-5-11(10)16-13(7)12(15)8-2-3-8/h4-6,8H,2-3H2,1H3. The fourth-order valence-corrected chi connectivity index (χ4v) is 1.96. The van der Waals surface area contributed by atoms with Crippen LogP contribution in [0.2, 0.25) is 0 Å². The molecule has 1 saturated carbocycles. The summed E-state index contributed by atoms with van der Waals surface area (Å²) < 4.78 is 18.6. The number of carbonyl (C=O) groups is 1. The number of Topliss-reactive ketones (excluding diaryl/α,β-unsaturated/α-hetero) is 1. The molecule has 0 aliphatic heterocycles. The first-order valence-electron chi connectivity index (χ1n) is 5.39. The van der Waals surface area contributed by atoms with E-state index in [1.54, 1.807) is 13.0 Å². The summed E-state index contributed by atoms with van der Waals surface area (Å²) in [5.41, 5.74) is 1.34. The Morgan fingerprint density at radius 3 is 2.88 bits per heavy atom. The van der Waals surface area contributed by atoms with Gasteiger partial charge in [-0.2, -0.15) is 0 Å². The zero-order chi connectivity index (χ0) is 11.3. The Bertz CT molecular complexity index is 579. The summed E-state index contributed by atoms with van der Waals surface area (Å²) in [6.45, 7) is 1.81. The predicted molar refractivity (Wildman–Crippen MR) is 58.0 cm³/mol. The highest BCUT2D eigenvalue weighted by Gasteiger charge is 2.33. The molecule has 2 aromatic rings. The van der Waals surface area contributed by atoms with E-state index in [9.17, 15) is 9.18 Å². The summed E-state index contributed by atoms with van der Waals surface area (Å²) in [6, 6.07) is 4.33. The van der Waals surface area contributed by atoms with Crippen LogP contribution in [0.15, 0.2) is 22.6 Å². The average molecular weight is 218 g/mol. The van der Waals surface area contributed by atoms with Crippen molar-refractivity contribution in [3.63, 3.8) is 0 Å². The minimum atomic E-state index is -0.304. The summed E-state index contributed by atoms with van der Waals surface area (Å²) in [6.07, 6.45) is 1.90. The van der Waals surface area contributed by atoms with Crippen molar-refractivity contribution in [3.8, 4) is 0 Å². The van der Waals surface area contributed by atoms with Crippen molar-refractivity contribution in [2.45, 2.75) is 19.8 Å². The highest BCUT2D eigenvalue weighted by atomic mass is 19.1. The van der Waals surface area contributed by atoms with Gasteiger partial charge in [0.1, 0.15) is 11.4 Å². The Morgan fingerprint density at radius 1 is 1.44 bits per heavy atom. The first kappa shape index (κ1) is 9.58. The van der Waals surface area contributed by atoms with E-state index in [1.165, 1.54) is 12.1 Å². The Balaban J connectivity index is 2.18. The molecule has 1 aromatic carbocycles. The highest BCUT2D eigenvalue weighted by molar-refractivity contribution is 6.02. The number of furan rings is 1. The Hall–Kier alpha value is -1.64. The molecular weight excluding hydrogens is 207 g/mol. The molecule has 0 unspecified atom stereocenters. The molecule has 0 radical (unpaired) electrons. The molecule has 0 spiro atoms. The third-order valence-corrected chi connectivity index (χ3v) is 3.07. The molecule has 1 fully saturated rings. The van der Waals surface area contributed by atoms with Crippen molar-refractivity contribution in [2.24, 2.45) is 5.92 Å². The zero-order valence-electron chi connectivity index (χ0n) is 8.92. The van der Waals surface area contributed by atoms with E-state index in [4.69, 9.17) is 4.42 Å². The summed E-state index contributed by atoms with van der Waals surface area (Å²) in [5.74, 6) is 0.295. The van der Waals surface area contributed by atoms with Gasteiger partial charge in [-0.1, -0.05) is 0 Å². The number of rotatable bonds is 2. The van der Waals surface area contributed by atoms with Crippen LogP contribution in [0.3, 0.4) is 0 Å². The number of halogens is 1. The average Bonchev–Trinajstić information content (AvgIpc) is 3.05.